The second-order valence-electron chi connectivity index (χ2n) is 3.77. The van der Waals surface area contributed by atoms with Gasteiger partial charge in [-0.2, -0.15) is 0 Å². The molecule has 0 fully saturated rings. The summed E-state index contributed by atoms with van der Waals surface area (Å²) in [5, 5.41) is 20.3. The van der Waals surface area contributed by atoms with Crippen LogP contribution in [0.5, 0.6) is 5.88 Å². The Hall–Kier alpha value is -2.31. The van der Waals surface area contributed by atoms with E-state index in [4.69, 9.17) is 10.2 Å². The van der Waals surface area contributed by atoms with Crippen molar-refractivity contribution >= 4 is 11.9 Å². The first-order valence-electron chi connectivity index (χ1n) is 5.38. The van der Waals surface area contributed by atoms with Crippen LogP contribution in [-0.4, -0.2) is 33.6 Å². The third kappa shape index (κ3) is 3.62. The Morgan fingerprint density at radius 3 is 2.61 bits per heavy atom. The Labute approximate surface area is 102 Å². The molecule has 1 rings (SSSR count). The molecule has 0 aliphatic heterocycles. The van der Waals surface area contributed by atoms with Gasteiger partial charge in [-0.25, -0.2) is 0 Å². The minimum absolute atomic E-state index is 0.0171. The van der Waals surface area contributed by atoms with E-state index in [2.05, 4.69) is 10.3 Å². The molecule has 4 N–H and O–H groups in total. The van der Waals surface area contributed by atoms with Crippen LogP contribution in [-0.2, 0) is 4.79 Å². The molecule has 0 saturated carbocycles. The Bertz CT molecular complexity index is 508. The first kappa shape index (κ1) is 13.8. The maximum absolute atomic E-state index is 11.6. The highest BCUT2D eigenvalue weighted by atomic mass is 16.4. The zero-order valence-corrected chi connectivity index (χ0v) is 9.77. The van der Waals surface area contributed by atoms with Crippen LogP contribution in [0.3, 0.4) is 0 Å². The fourth-order valence-corrected chi connectivity index (χ4v) is 1.38. The third-order valence-corrected chi connectivity index (χ3v) is 2.44. The fourth-order valence-electron chi connectivity index (χ4n) is 1.38. The predicted molar refractivity (Wildman–Crippen MR) is 62.5 cm³/mol. The zero-order valence-electron chi connectivity index (χ0n) is 9.77. The molecule has 0 bridgehead atoms. The molecule has 1 heterocycles. The number of hydrogen-bond acceptors (Lipinski definition) is 4. The van der Waals surface area contributed by atoms with Gasteiger partial charge in [-0.3, -0.25) is 19.4 Å². The molecule has 0 radical (unpaired) electrons. The molecule has 7 nitrogen and oxygen atoms in total. The topological polar surface area (TPSA) is 119 Å². The first-order valence-corrected chi connectivity index (χ1v) is 5.38. The number of aromatic nitrogens is 1. The second-order valence-corrected chi connectivity index (χ2v) is 3.77. The van der Waals surface area contributed by atoms with Gasteiger partial charge >= 0.3 is 5.97 Å². The zero-order chi connectivity index (χ0) is 13.7. The van der Waals surface area contributed by atoms with Crippen LogP contribution in [0.25, 0.3) is 0 Å². The maximum atomic E-state index is 11.6. The van der Waals surface area contributed by atoms with Crippen molar-refractivity contribution in [1.82, 2.24) is 10.3 Å². The van der Waals surface area contributed by atoms with Gasteiger partial charge in [0, 0.05) is 18.7 Å². The molecule has 7 heteroatoms. The van der Waals surface area contributed by atoms with E-state index in [0.29, 0.717) is 6.42 Å². The number of aromatic amines is 1. The largest absolute Gasteiger partial charge is 0.494 e. The normalized spacial score (nSPS) is 11.8. The molecule has 1 atom stereocenters. The lowest BCUT2D eigenvalue weighted by Crippen LogP contribution is -2.33. The van der Waals surface area contributed by atoms with Crippen LogP contribution in [0, 0.1) is 5.92 Å². The number of carboxylic acid groups (broad SMARTS) is 1. The predicted octanol–water partition coefficient (Wildman–Crippen LogP) is -0.0789. The minimum Gasteiger partial charge on any atom is -0.494 e. The van der Waals surface area contributed by atoms with Gasteiger partial charge in [0.15, 0.2) is 5.88 Å². The summed E-state index contributed by atoms with van der Waals surface area (Å²) in [6, 6.07) is 2.12. The molecule has 0 aliphatic rings. The molecule has 1 unspecified atom stereocenters. The standard InChI is InChI=1S/C11H14N2O5/c1-2-6(11(17)18)5-12-10(16)7-3-8(14)13-9(15)4-7/h3-4,6H,2,5H2,1H3,(H,12,16)(H,17,18)(H2,13,14,15). The van der Waals surface area contributed by atoms with E-state index in [0.717, 1.165) is 12.1 Å². The number of amides is 1. The highest BCUT2D eigenvalue weighted by molar-refractivity contribution is 5.94. The van der Waals surface area contributed by atoms with E-state index in [1.54, 1.807) is 6.92 Å². The molecule has 98 valence electrons. The summed E-state index contributed by atoms with van der Waals surface area (Å²) in [5.74, 6) is -2.69. The lowest BCUT2D eigenvalue weighted by Gasteiger charge is -2.10. The smallest absolute Gasteiger partial charge is 0.308 e. The van der Waals surface area contributed by atoms with Crippen molar-refractivity contribution in [3.05, 3.63) is 28.0 Å². The molecule has 1 aromatic heterocycles. The van der Waals surface area contributed by atoms with Crippen molar-refractivity contribution in [1.29, 1.82) is 0 Å². The Kier molecular flexibility index (Phi) is 4.47. The van der Waals surface area contributed by atoms with Crippen molar-refractivity contribution < 1.29 is 19.8 Å². The summed E-state index contributed by atoms with van der Waals surface area (Å²) in [6.07, 6.45) is 0.385. The lowest BCUT2D eigenvalue weighted by molar-refractivity contribution is -0.141. The van der Waals surface area contributed by atoms with Crippen LogP contribution < -0.4 is 10.9 Å². The van der Waals surface area contributed by atoms with Crippen molar-refractivity contribution in [3.8, 4) is 5.88 Å². The molecule has 1 aromatic rings. The first-order chi connectivity index (χ1) is 8.43. The van der Waals surface area contributed by atoms with Crippen molar-refractivity contribution in [2.45, 2.75) is 13.3 Å². The van der Waals surface area contributed by atoms with Crippen LogP contribution in [0.1, 0.15) is 23.7 Å². The van der Waals surface area contributed by atoms with E-state index in [1.165, 1.54) is 0 Å². The molecule has 1 amide bonds. The summed E-state index contributed by atoms with van der Waals surface area (Å²) in [5.41, 5.74) is -0.623. The number of carboxylic acids is 1. The average Bonchev–Trinajstić information content (AvgIpc) is 2.27. The summed E-state index contributed by atoms with van der Waals surface area (Å²) < 4.78 is 0. The van der Waals surface area contributed by atoms with Gasteiger partial charge in [0.2, 0.25) is 0 Å². The van der Waals surface area contributed by atoms with Gasteiger partial charge in [-0.1, -0.05) is 6.92 Å². The van der Waals surface area contributed by atoms with E-state index in [1.807, 2.05) is 0 Å². The van der Waals surface area contributed by atoms with Crippen molar-refractivity contribution in [2.75, 3.05) is 6.54 Å². The Morgan fingerprint density at radius 2 is 2.11 bits per heavy atom. The van der Waals surface area contributed by atoms with Gasteiger partial charge in [-0.15, -0.1) is 0 Å². The maximum Gasteiger partial charge on any atom is 0.308 e. The van der Waals surface area contributed by atoms with Crippen LogP contribution in [0.4, 0.5) is 0 Å². The monoisotopic (exact) mass is 254 g/mol. The van der Waals surface area contributed by atoms with E-state index in [9.17, 15) is 14.4 Å². The number of nitrogens with one attached hydrogen (secondary N) is 2. The van der Waals surface area contributed by atoms with Crippen molar-refractivity contribution in [2.24, 2.45) is 5.92 Å². The molecular weight excluding hydrogens is 240 g/mol. The molecule has 0 spiro atoms. The number of rotatable bonds is 5. The minimum atomic E-state index is -0.994. The number of carbonyl (C=O) groups excluding carboxylic acids is 1. The van der Waals surface area contributed by atoms with Crippen molar-refractivity contribution in [3.63, 3.8) is 0 Å². The number of aliphatic carboxylic acids is 1. The van der Waals surface area contributed by atoms with Gasteiger partial charge in [-0.05, 0) is 6.42 Å². The van der Waals surface area contributed by atoms with E-state index in [-0.39, 0.29) is 12.1 Å². The van der Waals surface area contributed by atoms with Crippen LogP contribution in [0.2, 0.25) is 0 Å². The Balaban J connectivity index is 2.71. The number of pyridine rings is 1. The lowest BCUT2D eigenvalue weighted by atomic mass is 10.1. The molecule has 0 aliphatic carbocycles. The quantitative estimate of drug-likeness (QED) is 0.586. The van der Waals surface area contributed by atoms with Gasteiger partial charge in [0.05, 0.1) is 11.5 Å². The van der Waals surface area contributed by atoms with Gasteiger partial charge in [0.1, 0.15) is 0 Å². The van der Waals surface area contributed by atoms with E-state index < -0.39 is 29.2 Å². The van der Waals surface area contributed by atoms with Gasteiger partial charge < -0.3 is 15.5 Å². The summed E-state index contributed by atoms with van der Waals surface area (Å²) in [4.78, 5) is 35.5. The Morgan fingerprint density at radius 1 is 1.44 bits per heavy atom. The number of carbonyl (C=O) groups is 2. The molecule has 18 heavy (non-hydrogen) atoms. The molecule has 0 saturated heterocycles. The van der Waals surface area contributed by atoms with Gasteiger partial charge in [0.25, 0.3) is 11.5 Å². The molecular formula is C11H14N2O5. The second kappa shape index (κ2) is 5.85. The highest BCUT2D eigenvalue weighted by Crippen LogP contribution is 2.05. The van der Waals surface area contributed by atoms with Crippen LogP contribution in [0.15, 0.2) is 16.9 Å². The molecule has 0 aromatic carbocycles. The summed E-state index contributed by atoms with van der Waals surface area (Å²) in [7, 11) is 0. The van der Waals surface area contributed by atoms with E-state index >= 15 is 0 Å². The third-order valence-electron chi connectivity index (χ3n) is 2.44. The van der Waals surface area contributed by atoms with Crippen LogP contribution >= 0.6 is 0 Å². The SMILES string of the molecule is CCC(CNC(=O)c1cc(O)[nH]c(=O)c1)C(=O)O. The summed E-state index contributed by atoms with van der Waals surface area (Å²) in [6.45, 7) is 1.67. The fraction of sp³-hybridized carbons (Fsp3) is 0.364. The number of hydrogen-bond donors (Lipinski definition) is 4. The highest BCUT2D eigenvalue weighted by Gasteiger charge is 2.16. The average molecular weight is 254 g/mol. The number of aromatic hydroxyl groups is 1. The number of H-pyrrole nitrogens is 1. The summed E-state index contributed by atoms with van der Waals surface area (Å²) >= 11 is 0.